The Kier molecular flexibility index (Phi) is 3.87. The van der Waals surface area contributed by atoms with Crippen molar-refractivity contribution in [3.05, 3.63) is 62.9 Å². The number of aromatic amines is 1. The summed E-state index contributed by atoms with van der Waals surface area (Å²) in [6.45, 7) is 0. The van der Waals surface area contributed by atoms with Gasteiger partial charge in [-0.1, -0.05) is 12.1 Å². The summed E-state index contributed by atoms with van der Waals surface area (Å²) >= 11 is 0. The number of halogens is 3. The Labute approximate surface area is 136 Å². The van der Waals surface area contributed by atoms with Crippen LogP contribution in [0.1, 0.15) is 0 Å². The number of aromatic nitrogens is 2. The number of nitrogens with zero attached hydrogens (tertiary/aromatic N) is 2. The van der Waals surface area contributed by atoms with E-state index in [0.717, 1.165) is 18.2 Å². The lowest BCUT2D eigenvalue weighted by atomic mass is 10.1. The second-order valence-electron chi connectivity index (χ2n) is 4.92. The highest BCUT2D eigenvalue weighted by molar-refractivity contribution is 5.80. The van der Waals surface area contributed by atoms with E-state index in [4.69, 9.17) is 0 Å². The van der Waals surface area contributed by atoms with E-state index in [-0.39, 0.29) is 22.3 Å². The topological polar surface area (TPSA) is 98.1 Å². The minimum absolute atomic E-state index is 0.228. The molecule has 0 saturated carbocycles. The van der Waals surface area contributed by atoms with Crippen LogP contribution in [0.4, 0.5) is 18.9 Å². The number of non-ortho nitro benzene ring substituents is 1. The van der Waals surface area contributed by atoms with Crippen molar-refractivity contribution in [2.75, 3.05) is 0 Å². The van der Waals surface area contributed by atoms with E-state index in [0.29, 0.717) is 0 Å². The van der Waals surface area contributed by atoms with Crippen LogP contribution < -0.4 is 10.3 Å². The number of para-hydroxylation sites is 1. The molecule has 0 atom stereocenters. The second-order valence-corrected chi connectivity index (χ2v) is 4.92. The highest BCUT2D eigenvalue weighted by atomic mass is 19.4. The molecule has 0 aliphatic carbocycles. The molecule has 3 aromatic rings. The number of nitro groups is 1. The first-order chi connectivity index (χ1) is 11.7. The van der Waals surface area contributed by atoms with E-state index >= 15 is 0 Å². The Bertz CT molecular complexity index is 1030. The number of nitrogens with one attached hydrogen (secondary N) is 1. The van der Waals surface area contributed by atoms with Gasteiger partial charge in [0.25, 0.3) is 11.2 Å². The molecule has 0 unspecified atom stereocenters. The minimum atomic E-state index is -5.01. The molecule has 0 amide bonds. The van der Waals surface area contributed by atoms with Crippen LogP contribution in [0, 0.1) is 10.1 Å². The Morgan fingerprint density at radius 2 is 1.88 bits per heavy atom. The molecule has 0 aliphatic rings. The van der Waals surface area contributed by atoms with Gasteiger partial charge < -0.3 is 9.72 Å². The van der Waals surface area contributed by atoms with Gasteiger partial charge in [-0.3, -0.25) is 14.9 Å². The fraction of sp³-hybridized carbons (Fsp3) is 0.0667. The number of fused-ring (bicyclic) bond motifs is 1. The van der Waals surface area contributed by atoms with Crippen LogP contribution in [0.5, 0.6) is 5.75 Å². The van der Waals surface area contributed by atoms with Crippen LogP contribution in [0.25, 0.3) is 22.3 Å². The molecule has 10 heteroatoms. The van der Waals surface area contributed by atoms with E-state index in [1.807, 2.05) is 0 Å². The van der Waals surface area contributed by atoms with Gasteiger partial charge in [0.1, 0.15) is 11.6 Å². The van der Waals surface area contributed by atoms with Crippen molar-refractivity contribution >= 4 is 16.6 Å². The summed E-state index contributed by atoms with van der Waals surface area (Å²) < 4.78 is 41.6. The standard InChI is InChI=1S/C15H8F3N3O4/c16-15(17,18)25-12-6-5-8(21(23)24)7-10(12)13-19-11-4-2-1-3-9(11)14(22)20-13/h1-7H,(H,19,20,22). The summed E-state index contributed by atoms with van der Waals surface area (Å²) in [5.74, 6) is -0.983. The van der Waals surface area contributed by atoms with Crippen LogP contribution in [0.15, 0.2) is 47.3 Å². The van der Waals surface area contributed by atoms with Gasteiger partial charge in [0.2, 0.25) is 0 Å². The Hall–Kier alpha value is -3.43. The number of hydrogen-bond acceptors (Lipinski definition) is 5. The minimum Gasteiger partial charge on any atom is -0.405 e. The number of hydrogen-bond donors (Lipinski definition) is 1. The average molecular weight is 351 g/mol. The molecule has 1 aromatic heterocycles. The van der Waals surface area contributed by atoms with Crippen LogP contribution >= 0.6 is 0 Å². The summed E-state index contributed by atoms with van der Waals surface area (Å²) in [6.07, 6.45) is -5.01. The molecule has 25 heavy (non-hydrogen) atoms. The van der Waals surface area contributed by atoms with Crippen molar-refractivity contribution in [1.29, 1.82) is 0 Å². The first kappa shape index (κ1) is 16.4. The number of nitro benzene ring substituents is 1. The summed E-state index contributed by atoms with van der Waals surface area (Å²) in [5.41, 5.74) is -1.19. The summed E-state index contributed by atoms with van der Waals surface area (Å²) in [6, 6.07) is 8.71. The van der Waals surface area contributed by atoms with Crippen molar-refractivity contribution in [1.82, 2.24) is 9.97 Å². The molecule has 0 radical (unpaired) electrons. The number of benzene rings is 2. The van der Waals surface area contributed by atoms with Gasteiger partial charge >= 0.3 is 6.36 Å². The zero-order valence-corrected chi connectivity index (χ0v) is 12.2. The van der Waals surface area contributed by atoms with E-state index in [1.165, 1.54) is 12.1 Å². The molecule has 0 spiro atoms. The average Bonchev–Trinajstić information content (AvgIpc) is 2.53. The van der Waals surface area contributed by atoms with Gasteiger partial charge in [0.05, 0.1) is 21.4 Å². The highest BCUT2D eigenvalue weighted by Gasteiger charge is 2.33. The molecule has 128 valence electrons. The molecule has 0 bridgehead atoms. The van der Waals surface area contributed by atoms with Crippen molar-refractivity contribution in [3.63, 3.8) is 0 Å². The molecule has 1 heterocycles. The summed E-state index contributed by atoms with van der Waals surface area (Å²) in [7, 11) is 0. The lowest BCUT2D eigenvalue weighted by molar-refractivity contribution is -0.384. The van der Waals surface area contributed by atoms with Gasteiger partial charge in [-0.2, -0.15) is 0 Å². The van der Waals surface area contributed by atoms with Crippen molar-refractivity contribution < 1.29 is 22.8 Å². The molecule has 3 rings (SSSR count). The molecular formula is C15H8F3N3O4. The van der Waals surface area contributed by atoms with Gasteiger partial charge in [-0.15, -0.1) is 13.2 Å². The van der Waals surface area contributed by atoms with E-state index < -0.39 is 28.3 Å². The van der Waals surface area contributed by atoms with Crippen LogP contribution in [-0.4, -0.2) is 21.3 Å². The third-order valence-corrected chi connectivity index (χ3v) is 3.27. The Morgan fingerprint density at radius 3 is 2.56 bits per heavy atom. The van der Waals surface area contributed by atoms with Gasteiger partial charge in [-0.05, 0) is 18.2 Å². The van der Waals surface area contributed by atoms with Gasteiger partial charge in [-0.25, -0.2) is 4.98 Å². The van der Waals surface area contributed by atoms with Crippen LogP contribution in [-0.2, 0) is 0 Å². The smallest absolute Gasteiger partial charge is 0.405 e. The highest BCUT2D eigenvalue weighted by Crippen LogP contribution is 2.35. The zero-order valence-electron chi connectivity index (χ0n) is 12.2. The normalized spacial score (nSPS) is 11.5. The number of ether oxygens (including phenoxy) is 1. The van der Waals surface area contributed by atoms with Crippen molar-refractivity contribution in [2.45, 2.75) is 6.36 Å². The maximum absolute atomic E-state index is 12.6. The Balaban J connectivity index is 2.25. The monoisotopic (exact) mass is 351 g/mol. The third-order valence-electron chi connectivity index (χ3n) is 3.27. The molecule has 0 fully saturated rings. The molecule has 7 nitrogen and oxygen atoms in total. The van der Waals surface area contributed by atoms with Crippen LogP contribution in [0.2, 0.25) is 0 Å². The molecular weight excluding hydrogens is 343 g/mol. The fourth-order valence-corrected chi connectivity index (χ4v) is 2.24. The predicted octanol–water partition coefficient (Wildman–Crippen LogP) is 3.40. The number of H-pyrrole nitrogens is 1. The second kappa shape index (κ2) is 5.89. The summed E-state index contributed by atoms with van der Waals surface area (Å²) in [5, 5.41) is 11.1. The van der Waals surface area contributed by atoms with Crippen molar-refractivity contribution in [3.8, 4) is 17.1 Å². The number of alkyl halides is 3. The maximum Gasteiger partial charge on any atom is 0.573 e. The molecule has 2 aromatic carbocycles. The quantitative estimate of drug-likeness (QED) is 0.576. The van der Waals surface area contributed by atoms with Gasteiger partial charge in [0.15, 0.2) is 0 Å². The zero-order chi connectivity index (χ0) is 18.2. The summed E-state index contributed by atoms with van der Waals surface area (Å²) in [4.78, 5) is 28.6. The molecule has 0 aliphatic heterocycles. The first-order valence-electron chi connectivity index (χ1n) is 6.78. The van der Waals surface area contributed by atoms with E-state index in [1.54, 1.807) is 12.1 Å². The SMILES string of the molecule is O=c1[nH]c(-c2cc([N+](=O)[O-])ccc2OC(F)(F)F)nc2ccccc12. The largest absolute Gasteiger partial charge is 0.573 e. The molecule has 1 N–H and O–H groups in total. The Morgan fingerprint density at radius 1 is 1.16 bits per heavy atom. The fourth-order valence-electron chi connectivity index (χ4n) is 2.24. The first-order valence-corrected chi connectivity index (χ1v) is 6.78. The van der Waals surface area contributed by atoms with Gasteiger partial charge in [0, 0.05) is 12.1 Å². The lowest BCUT2D eigenvalue weighted by Crippen LogP contribution is -2.18. The maximum atomic E-state index is 12.6. The lowest BCUT2D eigenvalue weighted by Gasteiger charge is -2.13. The predicted molar refractivity (Wildman–Crippen MR) is 81.1 cm³/mol. The number of rotatable bonds is 3. The van der Waals surface area contributed by atoms with E-state index in [9.17, 15) is 28.1 Å². The van der Waals surface area contributed by atoms with E-state index in [2.05, 4.69) is 14.7 Å². The third kappa shape index (κ3) is 3.42. The van der Waals surface area contributed by atoms with Crippen LogP contribution in [0.3, 0.4) is 0 Å². The molecule has 0 saturated heterocycles. The van der Waals surface area contributed by atoms with Crippen molar-refractivity contribution in [2.24, 2.45) is 0 Å².